The third-order valence-corrected chi connectivity index (χ3v) is 5.83. The number of methoxy groups -OCH3 is 1. The standard InChI is InChI=1S/C26H24F2N2O3/c1-4-5-17(31)12-21-19-13-23(32)30(2)14-20(19)18-10-11-22(33-3)25(28)24(18)26(29-21)15-6-8-16(27)9-7-15/h6-11,13-14,21H,4-5,12H2,1-3H3/t21-/m0/s1. The lowest BCUT2D eigenvalue weighted by atomic mass is 9.90. The molecule has 7 heteroatoms. The van der Waals surface area contributed by atoms with Crippen molar-refractivity contribution in [3.63, 3.8) is 0 Å². The number of benzene rings is 2. The number of aromatic nitrogens is 1. The SMILES string of the molecule is CCCC(=O)C[C@@H]1N=C(c2ccc(F)cc2)c2c(ccc(OC)c2F)-c2cn(C)c(=O)cc21. The highest BCUT2D eigenvalue weighted by atomic mass is 19.1. The fourth-order valence-electron chi connectivity index (χ4n) is 4.18. The van der Waals surface area contributed by atoms with Crippen molar-refractivity contribution in [1.82, 2.24) is 4.57 Å². The first-order valence-electron chi connectivity index (χ1n) is 10.8. The first-order valence-corrected chi connectivity index (χ1v) is 10.8. The Morgan fingerprint density at radius 3 is 2.52 bits per heavy atom. The molecule has 0 amide bonds. The minimum Gasteiger partial charge on any atom is -0.494 e. The molecule has 4 rings (SSSR count). The minimum absolute atomic E-state index is 0.000316. The molecule has 1 aliphatic rings. The van der Waals surface area contributed by atoms with Crippen LogP contribution in [0.2, 0.25) is 0 Å². The third-order valence-electron chi connectivity index (χ3n) is 5.83. The Morgan fingerprint density at radius 1 is 1.12 bits per heavy atom. The van der Waals surface area contributed by atoms with E-state index in [4.69, 9.17) is 9.73 Å². The molecule has 0 saturated carbocycles. The highest BCUT2D eigenvalue weighted by molar-refractivity contribution is 6.17. The number of hydrogen-bond acceptors (Lipinski definition) is 4. The topological polar surface area (TPSA) is 60.7 Å². The minimum atomic E-state index is -0.689. The van der Waals surface area contributed by atoms with Gasteiger partial charge in [-0.2, -0.15) is 0 Å². The molecule has 0 N–H and O–H groups in total. The summed E-state index contributed by atoms with van der Waals surface area (Å²) in [7, 11) is 2.99. The van der Waals surface area contributed by atoms with Crippen LogP contribution in [0.3, 0.4) is 0 Å². The second kappa shape index (κ2) is 9.10. The van der Waals surface area contributed by atoms with Gasteiger partial charge in [0.15, 0.2) is 11.6 Å². The lowest BCUT2D eigenvalue weighted by molar-refractivity contribution is -0.119. The number of ketones is 1. The van der Waals surface area contributed by atoms with Crippen LogP contribution in [0, 0.1) is 11.6 Å². The average molecular weight is 450 g/mol. The molecule has 2 heterocycles. The Balaban J connectivity index is 2.07. The molecule has 0 saturated heterocycles. The van der Waals surface area contributed by atoms with Crippen molar-refractivity contribution in [2.24, 2.45) is 12.0 Å². The summed E-state index contributed by atoms with van der Waals surface area (Å²) < 4.78 is 36.0. The number of pyridine rings is 1. The fourth-order valence-corrected chi connectivity index (χ4v) is 4.18. The van der Waals surface area contributed by atoms with Crippen molar-refractivity contribution in [3.05, 3.63) is 87.3 Å². The van der Waals surface area contributed by atoms with Crippen LogP contribution in [0.5, 0.6) is 5.75 Å². The summed E-state index contributed by atoms with van der Waals surface area (Å²) in [6.07, 6.45) is 2.79. The van der Waals surface area contributed by atoms with Gasteiger partial charge in [-0.05, 0) is 53.9 Å². The molecule has 1 atom stereocenters. The van der Waals surface area contributed by atoms with Gasteiger partial charge in [-0.15, -0.1) is 0 Å². The first kappa shape index (κ1) is 22.6. The number of carbonyl (C=O) groups excluding carboxylic acids is 1. The molecule has 3 aromatic rings. The molecule has 2 aromatic carbocycles. The predicted octanol–water partition coefficient (Wildman–Crippen LogP) is 4.99. The van der Waals surface area contributed by atoms with Crippen LogP contribution in [0.15, 0.2) is 58.4 Å². The zero-order valence-corrected chi connectivity index (χ0v) is 18.7. The second-order valence-corrected chi connectivity index (χ2v) is 8.09. The number of hydrogen-bond donors (Lipinski definition) is 0. The molecular weight excluding hydrogens is 426 g/mol. The van der Waals surface area contributed by atoms with Gasteiger partial charge in [0.1, 0.15) is 11.6 Å². The normalized spacial score (nSPS) is 14.7. The zero-order chi connectivity index (χ0) is 23.7. The number of aliphatic imine (C=N–C) groups is 1. The van der Waals surface area contributed by atoms with Crippen LogP contribution in [0.1, 0.15) is 48.9 Å². The number of rotatable bonds is 6. The molecule has 1 aromatic heterocycles. The van der Waals surface area contributed by atoms with Gasteiger partial charge < -0.3 is 9.30 Å². The molecule has 0 fully saturated rings. The molecule has 1 aliphatic heterocycles. The number of aryl methyl sites for hydroxylation is 1. The first-order chi connectivity index (χ1) is 15.8. The van der Waals surface area contributed by atoms with Gasteiger partial charge in [0.2, 0.25) is 0 Å². The monoisotopic (exact) mass is 450 g/mol. The maximum atomic E-state index is 15.7. The van der Waals surface area contributed by atoms with Crippen LogP contribution in [0.4, 0.5) is 8.78 Å². The predicted molar refractivity (Wildman–Crippen MR) is 123 cm³/mol. The number of halogens is 2. The van der Waals surface area contributed by atoms with E-state index < -0.39 is 17.7 Å². The molecule has 0 radical (unpaired) electrons. The molecule has 0 spiro atoms. The Morgan fingerprint density at radius 2 is 1.85 bits per heavy atom. The van der Waals surface area contributed by atoms with Crippen molar-refractivity contribution in [1.29, 1.82) is 0 Å². The summed E-state index contributed by atoms with van der Waals surface area (Å²) in [5.41, 5.74) is 2.41. The largest absolute Gasteiger partial charge is 0.494 e. The van der Waals surface area contributed by atoms with Crippen molar-refractivity contribution in [3.8, 4) is 16.9 Å². The average Bonchev–Trinajstić information content (AvgIpc) is 2.91. The Labute approximate surface area is 190 Å². The van der Waals surface area contributed by atoms with Crippen molar-refractivity contribution < 1.29 is 18.3 Å². The Kier molecular flexibility index (Phi) is 6.22. The quantitative estimate of drug-likeness (QED) is 0.532. The highest BCUT2D eigenvalue weighted by Gasteiger charge is 2.30. The van der Waals surface area contributed by atoms with Gasteiger partial charge in [-0.3, -0.25) is 14.6 Å². The van der Waals surface area contributed by atoms with E-state index in [1.54, 1.807) is 19.3 Å². The maximum Gasteiger partial charge on any atom is 0.250 e. The lowest BCUT2D eigenvalue weighted by Crippen LogP contribution is -2.18. The summed E-state index contributed by atoms with van der Waals surface area (Å²) in [5, 5.41) is 0. The van der Waals surface area contributed by atoms with E-state index in [2.05, 4.69) is 0 Å². The molecular formula is C26H24F2N2O3. The van der Waals surface area contributed by atoms with Crippen molar-refractivity contribution >= 4 is 11.5 Å². The van der Waals surface area contributed by atoms with Gasteiger partial charge in [0.05, 0.1) is 18.9 Å². The Bertz CT molecular complexity index is 1310. The van der Waals surface area contributed by atoms with Crippen molar-refractivity contribution in [2.45, 2.75) is 32.2 Å². The van der Waals surface area contributed by atoms with Gasteiger partial charge in [-0.1, -0.05) is 6.92 Å². The summed E-state index contributed by atoms with van der Waals surface area (Å²) in [4.78, 5) is 30.0. The van der Waals surface area contributed by atoms with Gasteiger partial charge >= 0.3 is 0 Å². The summed E-state index contributed by atoms with van der Waals surface area (Å²) in [6, 6.07) is 9.62. The lowest BCUT2D eigenvalue weighted by Gasteiger charge is -2.16. The molecule has 0 bridgehead atoms. The highest BCUT2D eigenvalue weighted by Crippen LogP contribution is 2.41. The van der Waals surface area contributed by atoms with Crippen LogP contribution in [0.25, 0.3) is 11.1 Å². The molecule has 170 valence electrons. The third kappa shape index (κ3) is 4.23. The van der Waals surface area contributed by atoms with E-state index in [0.717, 1.165) is 0 Å². The summed E-state index contributed by atoms with van der Waals surface area (Å²) >= 11 is 0. The van der Waals surface area contributed by atoms with Gasteiger partial charge in [0.25, 0.3) is 5.56 Å². The van der Waals surface area contributed by atoms with Gasteiger partial charge in [-0.25, -0.2) is 8.78 Å². The van der Waals surface area contributed by atoms with E-state index in [9.17, 15) is 14.0 Å². The molecule has 33 heavy (non-hydrogen) atoms. The number of nitrogens with zero attached hydrogens (tertiary/aromatic N) is 2. The van der Waals surface area contributed by atoms with Crippen LogP contribution in [-0.2, 0) is 11.8 Å². The maximum absolute atomic E-state index is 15.7. The van der Waals surface area contributed by atoms with Crippen LogP contribution >= 0.6 is 0 Å². The van der Waals surface area contributed by atoms with E-state index in [1.807, 2.05) is 6.92 Å². The van der Waals surface area contributed by atoms with Gasteiger partial charge in [0, 0.05) is 48.8 Å². The smallest absolute Gasteiger partial charge is 0.250 e. The fraction of sp³-hybridized carbons (Fsp3) is 0.269. The molecule has 0 unspecified atom stereocenters. The number of fused-ring (bicyclic) bond motifs is 3. The van der Waals surface area contributed by atoms with E-state index in [0.29, 0.717) is 35.1 Å². The molecule has 5 nitrogen and oxygen atoms in total. The summed E-state index contributed by atoms with van der Waals surface area (Å²) in [6.45, 7) is 1.92. The summed E-state index contributed by atoms with van der Waals surface area (Å²) in [5.74, 6) is -1.01. The number of Topliss-reactive ketones (excluding diaryl/α,β-unsaturated/α-hetero) is 1. The molecule has 0 aliphatic carbocycles. The van der Waals surface area contributed by atoms with Crippen LogP contribution < -0.4 is 10.3 Å². The Hall–Kier alpha value is -3.61. The van der Waals surface area contributed by atoms with Crippen LogP contribution in [-0.4, -0.2) is 23.2 Å². The zero-order valence-electron chi connectivity index (χ0n) is 18.7. The second-order valence-electron chi connectivity index (χ2n) is 8.09. The van der Waals surface area contributed by atoms with E-state index >= 15 is 4.39 Å². The number of carbonyl (C=O) groups is 1. The number of ether oxygens (including phenoxy) is 1. The van der Waals surface area contributed by atoms with Crippen molar-refractivity contribution in [2.75, 3.05) is 7.11 Å². The van der Waals surface area contributed by atoms with E-state index in [-0.39, 0.29) is 34.8 Å². The van der Waals surface area contributed by atoms with E-state index in [1.165, 1.54) is 48.1 Å².